The predicted octanol–water partition coefficient (Wildman–Crippen LogP) is 5.44. The number of unbranched alkanes of at least 4 members (excludes halogenated alkanes) is 2. The Labute approximate surface area is 211 Å². The summed E-state index contributed by atoms with van der Waals surface area (Å²) >= 11 is 0. The first-order chi connectivity index (χ1) is 16.5. The molecule has 0 saturated heterocycles. The molecule has 12 heteroatoms. The van der Waals surface area contributed by atoms with Gasteiger partial charge in [0.05, 0.1) is 36.2 Å². The fraction of sp³-hybridized carbons (Fsp3) is 0.957. The predicted molar refractivity (Wildman–Crippen MR) is 136 cm³/mol. The maximum absolute atomic E-state index is 12.4. The minimum Gasteiger partial charge on any atom is -0.472 e. The summed E-state index contributed by atoms with van der Waals surface area (Å²) in [5, 5.41) is 9.23. The van der Waals surface area contributed by atoms with Crippen LogP contribution in [0.4, 0.5) is 4.79 Å². The van der Waals surface area contributed by atoms with Crippen LogP contribution in [0.3, 0.4) is 0 Å². The highest BCUT2D eigenvalue weighted by Crippen LogP contribution is 2.49. The largest absolute Gasteiger partial charge is 0.472 e. The summed E-state index contributed by atoms with van der Waals surface area (Å²) in [4.78, 5) is 11.4. The smallest absolute Gasteiger partial charge is 0.438 e. The second kappa shape index (κ2) is 15.1. The molecular weight excluding hydrogens is 515 g/mol. The molecule has 206 valence electrons. The normalized spacial score (nSPS) is 17.7. The monoisotopic (exact) mass is 558 g/mol. The molecule has 0 bridgehead atoms. The van der Waals surface area contributed by atoms with Crippen LogP contribution in [0.5, 0.6) is 0 Å². The molecule has 0 aromatic heterocycles. The lowest BCUT2D eigenvalue weighted by molar-refractivity contribution is 0.175. The molecule has 0 heterocycles. The summed E-state index contributed by atoms with van der Waals surface area (Å²) in [7, 11) is -11.1. The van der Waals surface area contributed by atoms with Crippen LogP contribution >= 0.6 is 7.60 Å². The van der Waals surface area contributed by atoms with Crippen molar-refractivity contribution < 1.29 is 40.3 Å². The molecule has 35 heavy (non-hydrogen) atoms. The molecule has 2 aliphatic carbocycles. The average Bonchev–Trinajstić information content (AvgIpc) is 2.71. The average molecular weight is 559 g/mol. The van der Waals surface area contributed by atoms with Crippen molar-refractivity contribution in [2.45, 2.75) is 89.9 Å². The molecule has 0 spiro atoms. The van der Waals surface area contributed by atoms with Crippen LogP contribution in [0.2, 0.25) is 0 Å². The third kappa shape index (κ3) is 12.5. The van der Waals surface area contributed by atoms with E-state index in [4.69, 9.17) is 9.05 Å². The van der Waals surface area contributed by atoms with Crippen molar-refractivity contribution in [3.8, 4) is 0 Å². The molecule has 0 radical (unpaired) electrons. The zero-order chi connectivity index (χ0) is 25.8. The highest BCUT2D eigenvalue weighted by Gasteiger charge is 2.35. The minimum absolute atomic E-state index is 0.0147. The van der Waals surface area contributed by atoms with E-state index in [1.165, 1.54) is 38.5 Å². The Kier molecular flexibility index (Phi) is 13.2. The van der Waals surface area contributed by atoms with Crippen LogP contribution in [0, 0.1) is 11.8 Å². The first-order valence-electron chi connectivity index (χ1n) is 13.0. The summed E-state index contributed by atoms with van der Waals surface area (Å²) < 4.78 is 70.9. The number of rotatable bonds is 21. The molecule has 0 aliphatic heterocycles. The Morgan fingerprint density at radius 3 is 1.37 bits per heavy atom. The Hall–Kier alpha value is -0.480. The topological polar surface area (TPSA) is 141 Å². The van der Waals surface area contributed by atoms with E-state index in [0.717, 1.165) is 37.5 Å². The van der Waals surface area contributed by atoms with Gasteiger partial charge in [0.2, 0.25) is 0 Å². The fourth-order valence-corrected chi connectivity index (χ4v) is 8.20. The summed E-state index contributed by atoms with van der Waals surface area (Å²) in [6.07, 6.45) is 12.7. The first-order valence-corrected chi connectivity index (χ1v) is 18.2. The van der Waals surface area contributed by atoms with Gasteiger partial charge in [-0.15, -0.1) is 0 Å². The first kappa shape index (κ1) is 30.7. The third-order valence-electron chi connectivity index (χ3n) is 7.04. The van der Waals surface area contributed by atoms with E-state index in [-0.39, 0.29) is 49.1 Å². The van der Waals surface area contributed by atoms with E-state index >= 15 is 0 Å². The molecule has 2 rings (SSSR count). The summed E-state index contributed by atoms with van der Waals surface area (Å²) in [6.45, 7) is -0.658. The molecule has 0 aromatic carbocycles. The maximum Gasteiger partial charge on any atom is 0.438 e. The van der Waals surface area contributed by atoms with Gasteiger partial charge in [-0.2, -0.15) is 0 Å². The fourth-order valence-electron chi connectivity index (χ4n) is 4.35. The van der Waals surface area contributed by atoms with Crippen LogP contribution in [0.1, 0.15) is 89.9 Å². The molecule has 0 amide bonds. The van der Waals surface area contributed by atoms with Gasteiger partial charge in [0.25, 0.3) is 0 Å². The van der Waals surface area contributed by atoms with E-state index in [0.29, 0.717) is 12.8 Å². The number of hydrogen-bond acceptors (Lipinski definition) is 8. The Balaban J connectivity index is 1.58. The van der Waals surface area contributed by atoms with Gasteiger partial charge in [-0.3, -0.25) is 0 Å². The Morgan fingerprint density at radius 2 is 1.06 bits per heavy atom. The van der Waals surface area contributed by atoms with Crippen molar-refractivity contribution in [3.05, 3.63) is 0 Å². The molecule has 0 aromatic rings. The summed E-state index contributed by atoms with van der Waals surface area (Å²) in [5.74, 6) is 1.32. The van der Waals surface area contributed by atoms with Crippen molar-refractivity contribution >= 4 is 33.0 Å². The number of sulfone groups is 2. The van der Waals surface area contributed by atoms with Gasteiger partial charge in [-0.05, 0) is 37.5 Å². The second-order valence-corrected chi connectivity index (χ2v) is 16.5. The van der Waals surface area contributed by atoms with Crippen molar-refractivity contribution in [2.75, 3.05) is 36.2 Å². The third-order valence-corrected chi connectivity index (χ3v) is 12.2. The maximum atomic E-state index is 12.4. The van der Waals surface area contributed by atoms with Gasteiger partial charge in [-0.1, -0.05) is 64.2 Å². The van der Waals surface area contributed by atoms with Gasteiger partial charge >= 0.3 is 13.3 Å². The van der Waals surface area contributed by atoms with E-state index < -0.39 is 33.0 Å². The van der Waals surface area contributed by atoms with Gasteiger partial charge in [0.1, 0.15) is 19.7 Å². The van der Waals surface area contributed by atoms with Gasteiger partial charge in [0.15, 0.2) is 0 Å². The highest BCUT2D eigenvalue weighted by molar-refractivity contribution is 7.91. The van der Waals surface area contributed by atoms with E-state index in [1.54, 1.807) is 0 Å². The van der Waals surface area contributed by atoms with E-state index in [2.05, 4.69) is 0 Å². The van der Waals surface area contributed by atoms with Gasteiger partial charge in [-0.25, -0.2) is 26.2 Å². The number of hydrogen-bond donors (Lipinski definition) is 1. The summed E-state index contributed by atoms with van der Waals surface area (Å²) in [6, 6.07) is 0. The second-order valence-electron chi connectivity index (χ2n) is 10.0. The summed E-state index contributed by atoms with van der Waals surface area (Å²) in [5.41, 5.74) is -1.77. The minimum atomic E-state index is -4.50. The van der Waals surface area contributed by atoms with Crippen LogP contribution in [-0.4, -0.2) is 63.9 Å². The number of carboxylic acid groups (broad SMARTS) is 1. The molecule has 0 unspecified atom stereocenters. The lowest BCUT2D eigenvalue weighted by Crippen LogP contribution is -2.16. The number of carbonyl (C=O) groups is 1. The molecule has 1 N–H and O–H groups in total. The SMILES string of the molecule is O=C(O)P(=O)(OCCCS(=O)(=O)CCCCC1CCC1)OCCCS(=O)(=O)CCCCC1CCC1. The molecular formula is C23H43O9PS2. The molecule has 2 fully saturated rings. The van der Waals surface area contributed by atoms with Crippen molar-refractivity contribution in [1.29, 1.82) is 0 Å². The highest BCUT2D eigenvalue weighted by atomic mass is 32.2. The van der Waals surface area contributed by atoms with Gasteiger partial charge in [0, 0.05) is 0 Å². The van der Waals surface area contributed by atoms with Crippen LogP contribution < -0.4 is 0 Å². The van der Waals surface area contributed by atoms with Crippen LogP contribution in [0.15, 0.2) is 0 Å². The Morgan fingerprint density at radius 1 is 0.686 bits per heavy atom. The lowest BCUT2D eigenvalue weighted by atomic mass is 9.82. The molecule has 0 atom stereocenters. The molecule has 9 nitrogen and oxygen atoms in total. The molecule has 2 saturated carbocycles. The van der Waals surface area contributed by atoms with Crippen LogP contribution in [0.25, 0.3) is 0 Å². The molecule has 2 aliphatic rings. The van der Waals surface area contributed by atoms with E-state index in [1.807, 2.05) is 0 Å². The standard InChI is InChI=1S/C23H43O9PS2/c24-23(25)33(26,31-15-7-19-34(27,28)17-3-1-9-21-11-5-12-21)32-16-8-20-35(29,30)18-4-2-10-22-13-6-14-22/h21-22H,1-20H2,(H,24,25). The Bertz CT molecular complexity index is 830. The zero-order valence-corrected chi connectivity index (χ0v) is 23.3. The van der Waals surface area contributed by atoms with Crippen molar-refractivity contribution in [3.63, 3.8) is 0 Å². The van der Waals surface area contributed by atoms with Crippen molar-refractivity contribution in [1.82, 2.24) is 0 Å². The zero-order valence-electron chi connectivity index (χ0n) is 20.8. The van der Waals surface area contributed by atoms with Crippen LogP contribution in [-0.2, 0) is 33.3 Å². The lowest BCUT2D eigenvalue weighted by Gasteiger charge is -2.24. The quantitative estimate of drug-likeness (QED) is 0.144. The van der Waals surface area contributed by atoms with E-state index in [9.17, 15) is 31.3 Å². The van der Waals surface area contributed by atoms with Crippen molar-refractivity contribution in [2.24, 2.45) is 11.8 Å². The van der Waals surface area contributed by atoms with Gasteiger partial charge < -0.3 is 14.2 Å².